The van der Waals surface area contributed by atoms with Crippen LogP contribution in [0.25, 0.3) is 5.65 Å². The standard InChI is InChI=1S/C9H10BrN3/c1-6(2)7-3-12-9-4-11-8(10)5-13(7)9/h3-6H,1-2H3. The Balaban J connectivity index is 2.71. The Morgan fingerprint density at radius 1 is 1.31 bits per heavy atom. The zero-order valence-electron chi connectivity index (χ0n) is 7.53. The maximum Gasteiger partial charge on any atom is 0.155 e. The van der Waals surface area contributed by atoms with E-state index in [-0.39, 0.29) is 0 Å². The van der Waals surface area contributed by atoms with Crippen molar-refractivity contribution in [2.24, 2.45) is 0 Å². The van der Waals surface area contributed by atoms with Crippen molar-refractivity contribution in [3.05, 3.63) is 28.9 Å². The molecule has 4 heteroatoms. The van der Waals surface area contributed by atoms with Crippen LogP contribution < -0.4 is 0 Å². The van der Waals surface area contributed by atoms with Gasteiger partial charge in [-0.3, -0.25) is 4.40 Å². The van der Waals surface area contributed by atoms with Gasteiger partial charge in [0.15, 0.2) is 5.65 Å². The van der Waals surface area contributed by atoms with E-state index in [0.29, 0.717) is 5.92 Å². The Morgan fingerprint density at radius 2 is 2.08 bits per heavy atom. The van der Waals surface area contributed by atoms with Gasteiger partial charge in [0.05, 0.1) is 6.20 Å². The van der Waals surface area contributed by atoms with Crippen LogP contribution in [0.15, 0.2) is 23.2 Å². The Morgan fingerprint density at radius 3 is 2.77 bits per heavy atom. The molecule has 13 heavy (non-hydrogen) atoms. The van der Waals surface area contributed by atoms with Crippen LogP contribution >= 0.6 is 15.9 Å². The molecule has 0 aliphatic rings. The molecule has 0 aromatic carbocycles. The molecule has 0 unspecified atom stereocenters. The van der Waals surface area contributed by atoms with Gasteiger partial charge >= 0.3 is 0 Å². The van der Waals surface area contributed by atoms with Crippen molar-refractivity contribution in [1.82, 2.24) is 14.4 Å². The van der Waals surface area contributed by atoms with Crippen LogP contribution in [0.1, 0.15) is 25.5 Å². The number of imidazole rings is 1. The lowest BCUT2D eigenvalue weighted by molar-refractivity contribution is 0.805. The van der Waals surface area contributed by atoms with Gasteiger partial charge in [0.25, 0.3) is 0 Å². The van der Waals surface area contributed by atoms with E-state index in [1.807, 2.05) is 12.4 Å². The lowest BCUT2D eigenvalue weighted by Gasteiger charge is -2.03. The van der Waals surface area contributed by atoms with Crippen molar-refractivity contribution in [3.8, 4) is 0 Å². The quantitative estimate of drug-likeness (QED) is 0.766. The molecule has 0 fully saturated rings. The average molecular weight is 240 g/mol. The van der Waals surface area contributed by atoms with Crippen LogP contribution in [0, 0.1) is 0 Å². The third-order valence-electron chi connectivity index (χ3n) is 1.98. The van der Waals surface area contributed by atoms with Crippen LogP contribution in [0.2, 0.25) is 0 Å². The summed E-state index contributed by atoms with van der Waals surface area (Å²) in [5, 5.41) is 0. The van der Waals surface area contributed by atoms with Gasteiger partial charge in [0.2, 0.25) is 0 Å². The molecule has 0 spiro atoms. The van der Waals surface area contributed by atoms with E-state index in [2.05, 4.69) is 44.1 Å². The smallest absolute Gasteiger partial charge is 0.155 e. The second-order valence-corrected chi connectivity index (χ2v) is 4.09. The van der Waals surface area contributed by atoms with Crippen LogP contribution in [-0.4, -0.2) is 14.4 Å². The van der Waals surface area contributed by atoms with Crippen LogP contribution in [0.5, 0.6) is 0 Å². The normalized spacial score (nSPS) is 11.4. The van der Waals surface area contributed by atoms with Crippen molar-refractivity contribution < 1.29 is 0 Å². The van der Waals surface area contributed by atoms with Gasteiger partial charge < -0.3 is 0 Å². The van der Waals surface area contributed by atoms with E-state index in [1.165, 1.54) is 5.69 Å². The first-order valence-electron chi connectivity index (χ1n) is 4.17. The highest BCUT2D eigenvalue weighted by atomic mass is 79.9. The first-order chi connectivity index (χ1) is 6.18. The van der Waals surface area contributed by atoms with E-state index in [1.54, 1.807) is 6.20 Å². The number of hydrogen-bond acceptors (Lipinski definition) is 2. The number of fused-ring (bicyclic) bond motifs is 1. The van der Waals surface area contributed by atoms with Crippen molar-refractivity contribution >= 4 is 21.6 Å². The fraction of sp³-hybridized carbons (Fsp3) is 0.333. The summed E-state index contributed by atoms with van der Waals surface area (Å²) in [6, 6.07) is 0. The summed E-state index contributed by atoms with van der Waals surface area (Å²) < 4.78 is 2.89. The first-order valence-corrected chi connectivity index (χ1v) is 4.96. The van der Waals surface area contributed by atoms with Crippen molar-refractivity contribution in [1.29, 1.82) is 0 Å². The molecule has 68 valence electrons. The average Bonchev–Trinajstić information content (AvgIpc) is 2.46. The maximum atomic E-state index is 4.26. The minimum Gasteiger partial charge on any atom is -0.300 e. The monoisotopic (exact) mass is 239 g/mol. The molecule has 0 amide bonds. The summed E-state index contributed by atoms with van der Waals surface area (Å²) in [5.74, 6) is 0.476. The van der Waals surface area contributed by atoms with E-state index < -0.39 is 0 Å². The molecule has 2 aromatic rings. The van der Waals surface area contributed by atoms with Gasteiger partial charge in [0, 0.05) is 18.1 Å². The summed E-state index contributed by atoms with van der Waals surface area (Å²) in [5.41, 5.74) is 2.10. The van der Waals surface area contributed by atoms with Crippen molar-refractivity contribution in [2.75, 3.05) is 0 Å². The molecule has 0 N–H and O–H groups in total. The third-order valence-corrected chi connectivity index (χ3v) is 2.39. The molecule has 3 nitrogen and oxygen atoms in total. The Bertz CT molecular complexity index is 433. The van der Waals surface area contributed by atoms with Gasteiger partial charge in [-0.15, -0.1) is 0 Å². The molecule has 0 bridgehead atoms. The minimum atomic E-state index is 0.476. The molecule has 2 aromatic heterocycles. The largest absolute Gasteiger partial charge is 0.300 e. The summed E-state index contributed by atoms with van der Waals surface area (Å²) in [4.78, 5) is 8.37. The van der Waals surface area contributed by atoms with Gasteiger partial charge in [-0.1, -0.05) is 13.8 Å². The topological polar surface area (TPSA) is 30.2 Å². The van der Waals surface area contributed by atoms with Crippen molar-refractivity contribution in [3.63, 3.8) is 0 Å². The molecule has 2 heterocycles. The highest BCUT2D eigenvalue weighted by Crippen LogP contribution is 2.17. The lowest BCUT2D eigenvalue weighted by atomic mass is 10.1. The van der Waals surface area contributed by atoms with E-state index in [9.17, 15) is 0 Å². The van der Waals surface area contributed by atoms with Gasteiger partial charge in [0.1, 0.15) is 4.60 Å². The maximum absolute atomic E-state index is 4.26. The molecule has 0 radical (unpaired) electrons. The summed E-state index contributed by atoms with van der Waals surface area (Å²) in [6.45, 7) is 4.30. The number of rotatable bonds is 1. The Labute approximate surface area is 85.0 Å². The zero-order valence-corrected chi connectivity index (χ0v) is 9.12. The van der Waals surface area contributed by atoms with Crippen molar-refractivity contribution in [2.45, 2.75) is 19.8 Å². The second-order valence-electron chi connectivity index (χ2n) is 3.28. The minimum absolute atomic E-state index is 0.476. The van der Waals surface area contributed by atoms with Gasteiger partial charge in [-0.2, -0.15) is 0 Å². The number of hydrogen-bond donors (Lipinski definition) is 0. The van der Waals surface area contributed by atoms with Crippen LogP contribution in [0.4, 0.5) is 0 Å². The molecule has 0 aliphatic heterocycles. The molecular weight excluding hydrogens is 230 g/mol. The lowest BCUT2D eigenvalue weighted by Crippen LogP contribution is -1.95. The predicted octanol–water partition coefficient (Wildman–Crippen LogP) is 2.62. The van der Waals surface area contributed by atoms with E-state index in [4.69, 9.17) is 0 Å². The summed E-state index contributed by atoms with van der Waals surface area (Å²) in [6.07, 6.45) is 5.60. The molecule has 0 atom stereocenters. The molecule has 0 aliphatic carbocycles. The van der Waals surface area contributed by atoms with Crippen LogP contribution in [0.3, 0.4) is 0 Å². The predicted molar refractivity (Wildman–Crippen MR) is 54.8 cm³/mol. The summed E-state index contributed by atoms with van der Waals surface area (Å²) >= 11 is 3.34. The fourth-order valence-electron chi connectivity index (χ4n) is 1.31. The molecule has 0 saturated heterocycles. The SMILES string of the molecule is CC(C)c1cnc2cnc(Br)cn12. The first kappa shape index (κ1) is 8.69. The van der Waals surface area contributed by atoms with E-state index >= 15 is 0 Å². The molecule has 0 saturated carbocycles. The highest BCUT2D eigenvalue weighted by Gasteiger charge is 2.06. The second kappa shape index (κ2) is 3.10. The zero-order chi connectivity index (χ0) is 9.42. The number of halogens is 1. The number of aromatic nitrogens is 3. The summed E-state index contributed by atoms with van der Waals surface area (Å²) in [7, 11) is 0. The number of nitrogens with zero attached hydrogens (tertiary/aromatic N) is 3. The van der Waals surface area contributed by atoms with E-state index in [0.717, 1.165) is 10.3 Å². The molecule has 2 rings (SSSR count). The Kier molecular flexibility index (Phi) is 2.07. The Hall–Kier alpha value is -0.900. The third kappa shape index (κ3) is 1.46. The molecular formula is C9H10BrN3. The van der Waals surface area contributed by atoms with Crippen LogP contribution in [-0.2, 0) is 0 Å². The van der Waals surface area contributed by atoms with Gasteiger partial charge in [-0.05, 0) is 21.8 Å². The highest BCUT2D eigenvalue weighted by molar-refractivity contribution is 9.10. The van der Waals surface area contributed by atoms with Gasteiger partial charge in [-0.25, -0.2) is 9.97 Å². The fourth-order valence-corrected chi connectivity index (χ4v) is 1.62.